The first-order chi connectivity index (χ1) is 10.4. The van der Waals surface area contributed by atoms with Gasteiger partial charge in [0.2, 0.25) is 11.6 Å². The molecule has 0 aliphatic carbocycles. The molecule has 122 valence electrons. The summed E-state index contributed by atoms with van der Waals surface area (Å²) in [5.41, 5.74) is -1.75. The second kappa shape index (κ2) is 6.77. The van der Waals surface area contributed by atoms with Gasteiger partial charge in [0, 0.05) is 13.2 Å². The van der Waals surface area contributed by atoms with Crippen molar-refractivity contribution in [3.63, 3.8) is 0 Å². The number of hydrogen-bond acceptors (Lipinski definition) is 5. The molecular weight excluding hydrogens is 302 g/mol. The Labute approximate surface area is 124 Å². The molecule has 1 saturated heterocycles. The first kappa shape index (κ1) is 16.3. The lowest BCUT2D eigenvalue weighted by atomic mass is 10.2. The third kappa shape index (κ3) is 3.56. The number of aromatic nitrogens is 2. The molecule has 10 heteroatoms. The number of rotatable bonds is 6. The molecule has 0 spiro atoms. The predicted octanol–water partition coefficient (Wildman–Crippen LogP) is 1.33. The molecule has 0 bridgehead atoms. The van der Waals surface area contributed by atoms with Crippen LogP contribution < -0.4 is 5.32 Å². The molecule has 22 heavy (non-hydrogen) atoms. The fourth-order valence-electron chi connectivity index (χ4n) is 2.31. The lowest BCUT2D eigenvalue weighted by Gasteiger charge is -2.11. The van der Waals surface area contributed by atoms with E-state index in [4.69, 9.17) is 4.74 Å². The van der Waals surface area contributed by atoms with Crippen molar-refractivity contribution in [1.82, 2.24) is 15.1 Å². The number of carbonyl (C=O) groups excluding carboxylic acids is 1. The van der Waals surface area contributed by atoms with Crippen molar-refractivity contribution in [2.75, 3.05) is 13.2 Å². The molecule has 8 nitrogen and oxygen atoms in total. The zero-order chi connectivity index (χ0) is 16.3. The molecule has 2 rings (SSSR count). The fourth-order valence-corrected chi connectivity index (χ4v) is 2.31. The van der Waals surface area contributed by atoms with Gasteiger partial charge >= 0.3 is 5.69 Å². The Morgan fingerprint density at radius 2 is 2.36 bits per heavy atom. The van der Waals surface area contributed by atoms with Crippen molar-refractivity contribution in [2.24, 2.45) is 0 Å². The highest BCUT2D eigenvalue weighted by atomic mass is 19.3. The highest BCUT2D eigenvalue weighted by Gasteiger charge is 2.31. The average molecular weight is 318 g/mol. The Hall–Kier alpha value is -2.10. The van der Waals surface area contributed by atoms with E-state index < -0.39 is 28.6 Å². The Morgan fingerprint density at radius 3 is 2.86 bits per heavy atom. The Morgan fingerprint density at radius 1 is 1.64 bits per heavy atom. The van der Waals surface area contributed by atoms with Crippen LogP contribution in [0.15, 0.2) is 0 Å². The van der Waals surface area contributed by atoms with Crippen LogP contribution in [0.25, 0.3) is 0 Å². The molecule has 0 radical (unpaired) electrons. The van der Waals surface area contributed by atoms with Gasteiger partial charge in [-0.05, 0) is 19.8 Å². The summed E-state index contributed by atoms with van der Waals surface area (Å²) >= 11 is 0. The summed E-state index contributed by atoms with van der Waals surface area (Å²) in [6.07, 6.45) is -1.34. The normalized spacial score (nSPS) is 17.9. The van der Waals surface area contributed by atoms with Crippen molar-refractivity contribution in [1.29, 1.82) is 0 Å². The number of nitrogens with one attached hydrogen (secondary N) is 1. The molecule has 2 heterocycles. The van der Waals surface area contributed by atoms with Gasteiger partial charge in [-0.25, -0.2) is 8.78 Å². The Kier molecular flexibility index (Phi) is 5.01. The summed E-state index contributed by atoms with van der Waals surface area (Å²) < 4.78 is 31.8. The highest BCUT2D eigenvalue weighted by molar-refractivity contribution is 5.75. The molecule has 1 aromatic rings. The zero-order valence-electron chi connectivity index (χ0n) is 11.9. The van der Waals surface area contributed by atoms with Crippen LogP contribution in [0.2, 0.25) is 0 Å². The summed E-state index contributed by atoms with van der Waals surface area (Å²) in [5.74, 6) is -0.461. The molecule has 1 N–H and O–H groups in total. The maximum Gasteiger partial charge on any atom is 0.319 e. The summed E-state index contributed by atoms with van der Waals surface area (Å²) in [4.78, 5) is 21.7. The second-order valence-electron chi connectivity index (χ2n) is 4.97. The van der Waals surface area contributed by atoms with Gasteiger partial charge < -0.3 is 10.1 Å². The van der Waals surface area contributed by atoms with E-state index in [1.807, 2.05) is 0 Å². The minimum absolute atomic E-state index is 0.0476. The van der Waals surface area contributed by atoms with E-state index in [1.165, 1.54) is 6.92 Å². The molecule has 1 unspecified atom stereocenters. The van der Waals surface area contributed by atoms with Gasteiger partial charge in [0.05, 0.1) is 11.0 Å². The lowest BCUT2D eigenvalue weighted by Crippen LogP contribution is -2.34. The molecule has 1 aromatic heterocycles. The number of hydrogen-bond donors (Lipinski definition) is 1. The smallest absolute Gasteiger partial charge is 0.319 e. The zero-order valence-corrected chi connectivity index (χ0v) is 11.9. The van der Waals surface area contributed by atoms with Crippen LogP contribution in [0.3, 0.4) is 0 Å². The molecule has 0 saturated carbocycles. The maximum absolute atomic E-state index is 12.8. The number of ether oxygens (including phenoxy) is 1. The standard InChI is InChI=1S/C12H16F2N4O4/c1-7-11(18(20)21)10(12(13)14)16-17(7)6-9(19)15-5-8-3-2-4-22-8/h8,12H,2-6H2,1H3,(H,15,19). The van der Waals surface area contributed by atoms with E-state index in [-0.39, 0.29) is 18.3 Å². The largest absolute Gasteiger partial charge is 0.376 e. The number of carbonyl (C=O) groups is 1. The van der Waals surface area contributed by atoms with Crippen LogP contribution in [0.4, 0.5) is 14.5 Å². The van der Waals surface area contributed by atoms with E-state index in [9.17, 15) is 23.7 Å². The third-order valence-corrected chi connectivity index (χ3v) is 3.43. The SMILES string of the molecule is Cc1c([N+](=O)[O-])c(C(F)F)nn1CC(=O)NCC1CCCO1. The van der Waals surface area contributed by atoms with E-state index in [2.05, 4.69) is 10.4 Å². The summed E-state index contributed by atoms with van der Waals surface area (Å²) in [5, 5.41) is 16.9. The van der Waals surface area contributed by atoms with Crippen LogP contribution in [-0.4, -0.2) is 39.9 Å². The van der Waals surface area contributed by atoms with Crippen molar-refractivity contribution in [2.45, 2.75) is 38.8 Å². The van der Waals surface area contributed by atoms with Crippen LogP contribution in [0.1, 0.15) is 30.7 Å². The minimum Gasteiger partial charge on any atom is -0.376 e. The Balaban J connectivity index is 2.03. The van der Waals surface area contributed by atoms with Gasteiger partial charge in [0.1, 0.15) is 12.2 Å². The Bertz CT molecular complexity index is 570. The highest BCUT2D eigenvalue weighted by Crippen LogP contribution is 2.30. The van der Waals surface area contributed by atoms with Crippen molar-refractivity contribution >= 4 is 11.6 Å². The quantitative estimate of drug-likeness (QED) is 0.630. The second-order valence-corrected chi connectivity index (χ2v) is 4.97. The van der Waals surface area contributed by atoms with Crippen LogP contribution in [-0.2, 0) is 16.1 Å². The van der Waals surface area contributed by atoms with E-state index in [0.717, 1.165) is 17.5 Å². The average Bonchev–Trinajstić information content (AvgIpc) is 3.05. The predicted molar refractivity (Wildman–Crippen MR) is 70.6 cm³/mol. The number of nitrogens with zero attached hydrogens (tertiary/aromatic N) is 3. The van der Waals surface area contributed by atoms with Gasteiger partial charge in [-0.2, -0.15) is 5.10 Å². The summed E-state index contributed by atoms with van der Waals surface area (Å²) in [6, 6.07) is 0. The van der Waals surface area contributed by atoms with Gasteiger partial charge in [-0.1, -0.05) is 0 Å². The molecule has 1 atom stereocenters. The molecular formula is C12H16F2N4O4. The van der Waals surface area contributed by atoms with Crippen LogP contribution >= 0.6 is 0 Å². The number of nitro groups is 1. The summed E-state index contributed by atoms with van der Waals surface area (Å²) in [7, 11) is 0. The van der Waals surface area contributed by atoms with E-state index >= 15 is 0 Å². The van der Waals surface area contributed by atoms with Gasteiger partial charge in [-0.3, -0.25) is 19.6 Å². The van der Waals surface area contributed by atoms with E-state index in [1.54, 1.807) is 0 Å². The topological polar surface area (TPSA) is 99.3 Å². The lowest BCUT2D eigenvalue weighted by molar-refractivity contribution is -0.386. The molecule has 1 aliphatic rings. The summed E-state index contributed by atoms with van der Waals surface area (Å²) in [6.45, 7) is 1.90. The number of amides is 1. The molecule has 1 aliphatic heterocycles. The first-order valence-electron chi connectivity index (χ1n) is 6.78. The minimum atomic E-state index is -3.07. The van der Waals surface area contributed by atoms with Gasteiger partial charge in [-0.15, -0.1) is 0 Å². The number of alkyl halides is 2. The number of halogens is 2. The van der Waals surface area contributed by atoms with Gasteiger partial charge in [0.25, 0.3) is 6.43 Å². The monoisotopic (exact) mass is 318 g/mol. The maximum atomic E-state index is 12.8. The van der Waals surface area contributed by atoms with Crippen LogP contribution in [0.5, 0.6) is 0 Å². The third-order valence-electron chi connectivity index (χ3n) is 3.43. The van der Waals surface area contributed by atoms with Crippen molar-refractivity contribution in [3.8, 4) is 0 Å². The van der Waals surface area contributed by atoms with Crippen molar-refractivity contribution < 1.29 is 23.2 Å². The molecule has 1 amide bonds. The molecule has 1 fully saturated rings. The van der Waals surface area contributed by atoms with Gasteiger partial charge in [0.15, 0.2) is 0 Å². The van der Waals surface area contributed by atoms with Crippen molar-refractivity contribution in [3.05, 3.63) is 21.5 Å². The fraction of sp³-hybridized carbons (Fsp3) is 0.667. The van der Waals surface area contributed by atoms with Crippen LogP contribution in [0, 0.1) is 17.0 Å². The first-order valence-corrected chi connectivity index (χ1v) is 6.78. The van der Waals surface area contributed by atoms with E-state index in [0.29, 0.717) is 13.2 Å². The molecule has 0 aromatic carbocycles.